The van der Waals surface area contributed by atoms with E-state index < -0.39 is 0 Å². The van der Waals surface area contributed by atoms with Gasteiger partial charge in [0.2, 0.25) is 0 Å². The summed E-state index contributed by atoms with van der Waals surface area (Å²) in [5, 5.41) is 4.07. The molecule has 0 fully saturated rings. The summed E-state index contributed by atoms with van der Waals surface area (Å²) in [6.07, 6.45) is 2.19. The van der Waals surface area contributed by atoms with E-state index in [1.165, 1.54) is 0 Å². The Labute approximate surface area is 132 Å². The van der Waals surface area contributed by atoms with Gasteiger partial charge in [-0.05, 0) is 69.5 Å². The number of aromatic nitrogens is 1. The zero-order chi connectivity index (χ0) is 14.5. The van der Waals surface area contributed by atoms with Gasteiger partial charge >= 0.3 is 0 Å². The number of thiazole rings is 1. The third-order valence-corrected chi connectivity index (χ3v) is 4.70. The lowest BCUT2D eigenvalue weighted by Gasteiger charge is -2.38. The minimum atomic E-state index is -0.105. The molecule has 0 spiro atoms. The van der Waals surface area contributed by atoms with Gasteiger partial charge in [0.25, 0.3) is 0 Å². The quantitative estimate of drug-likeness (QED) is 0.765. The Bertz CT molecular complexity index is 782. The number of hydrogen-bond donors (Lipinski definition) is 2. The maximum atomic E-state index is 5.51. The normalized spacial score (nSPS) is 18.1. The Hall–Kier alpha value is -1.24. The first kappa shape index (κ1) is 13.7. The molecule has 2 N–H and O–H groups in total. The predicted octanol–water partition coefficient (Wildman–Crippen LogP) is 4.34. The summed E-state index contributed by atoms with van der Waals surface area (Å²) in [5.41, 5.74) is 3.16. The highest BCUT2D eigenvalue weighted by Gasteiger charge is 2.27. The van der Waals surface area contributed by atoms with Crippen molar-refractivity contribution in [3.63, 3.8) is 0 Å². The number of hydrogen-bond acceptors (Lipinski definition) is 3. The van der Waals surface area contributed by atoms with Crippen molar-refractivity contribution in [1.82, 2.24) is 10.3 Å². The van der Waals surface area contributed by atoms with Crippen LogP contribution >= 0.6 is 35.8 Å². The van der Waals surface area contributed by atoms with E-state index in [1.54, 1.807) is 11.3 Å². The fraction of sp³-hybridized carbons (Fsp3) is 0.286. The van der Waals surface area contributed by atoms with Gasteiger partial charge in [0.15, 0.2) is 9.07 Å². The second kappa shape index (κ2) is 4.65. The molecule has 0 bridgehead atoms. The van der Waals surface area contributed by atoms with Crippen LogP contribution in [-0.2, 0) is 0 Å². The first-order valence-electron chi connectivity index (χ1n) is 6.30. The molecule has 104 valence electrons. The van der Waals surface area contributed by atoms with E-state index in [0.717, 1.165) is 30.7 Å². The van der Waals surface area contributed by atoms with E-state index in [2.05, 4.69) is 54.2 Å². The maximum absolute atomic E-state index is 5.51. The Morgan fingerprint density at radius 1 is 1.25 bits per heavy atom. The van der Waals surface area contributed by atoms with Crippen molar-refractivity contribution in [1.29, 1.82) is 0 Å². The van der Waals surface area contributed by atoms with E-state index >= 15 is 0 Å². The number of benzene rings is 1. The van der Waals surface area contributed by atoms with Crippen LogP contribution in [0.3, 0.4) is 0 Å². The number of allylic oxidation sites excluding steroid dienone is 1. The van der Waals surface area contributed by atoms with Crippen LogP contribution in [0.4, 0.5) is 5.69 Å². The highest BCUT2D eigenvalue weighted by Crippen LogP contribution is 2.30. The van der Waals surface area contributed by atoms with Crippen molar-refractivity contribution in [3.8, 4) is 0 Å². The van der Waals surface area contributed by atoms with Crippen LogP contribution in [0, 0.1) is 3.95 Å². The lowest BCUT2D eigenvalue weighted by atomic mass is 10.0. The molecule has 3 rings (SSSR count). The molecule has 0 atom stereocenters. The monoisotopic (exact) mass is 321 g/mol. The lowest BCUT2D eigenvalue weighted by molar-refractivity contribution is 0.560. The molecule has 2 aromatic rings. The third kappa shape index (κ3) is 2.39. The van der Waals surface area contributed by atoms with Crippen LogP contribution in [-0.4, -0.2) is 15.6 Å². The highest BCUT2D eigenvalue weighted by atomic mass is 32.1. The van der Waals surface area contributed by atoms with E-state index in [-0.39, 0.29) is 5.54 Å². The minimum Gasteiger partial charge on any atom is -0.354 e. The topological polar surface area (TPSA) is 31.1 Å². The van der Waals surface area contributed by atoms with Gasteiger partial charge in [0.1, 0.15) is 0 Å². The van der Waals surface area contributed by atoms with Gasteiger partial charge in [-0.1, -0.05) is 0 Å². The zero-order valence-electron chi connectivity index (χ0n) is 11.5. The molecule has 0 amide bonds. The average Bonchev–Trinajstić information content (AvgIpc) is 2.65. The second-order valence-electron chi connectivity index (χ2n) is 5.47. The van der Waals surface area contributed by atoms with Gasteiger partial charge in [-0.15, -0.1) is 11.3 Å². The van der Waals surface area contributed by atoms with Crippen LogP contribution < -0.4 is 10.2 Å². The molecule has 0 aliphatic carbocycles. The summed E-state index contributed by atoms with van der Waals surface area (Å²) in [6.45, 7) is 6.31. The van der Waals surface area contributed by atoms with Crippen LogP contribution in [0.5, 0.6) is 0 Å². The van der Waals surface area contributed by atoms with Crippen molar-refractivity contribution in [2.75, 3.05) is 4.90 Å². The fourth-order valence-corrected chi connectivity index (χ4v) is 4.17. The Kier molecular flexibility index (Phi) is 3.19. The molecule has 3 nitrogen and oxygen atoms in total. The number of anilines is 1. The fourth-order valence-electron chi connectivity index (χ4n) is 2.51. The molecule has 1 aromatic heterocycles. The molecular formula is C14H15N3S3. The molecule has 1 aliphatic rings. The largest absolute Gasteiger partial charge is 0.354 e. The SMILES string of the molecule is CC1=CC(C)(C)NC(=S)N1c1ccc2[nH]c(=S)sc2c1. The van der Waals surface area contributed by atoms with E-state index in [0.29, 0.717) is 0 Å². The first-order valence-corrected chi connectivity index (χ1v) is 7.94. The second-order valence-corrected chi connectivity index (χ2v) is 7.57. The molecule has 0 saturated carbocycles. The van der Waals surface area contributed by atoms with Gasteiger partial charge in [0, 0.05) is 11.4 Å². The summed E-state index contributed by atoms with van der Waals surface area (Å²) in [6, 6.07) is 6.23. The number of aromatic amines is 1. The van der Waals surface area contributed by atoms with Crippen LogP contribution in [0.25, 0.3) is 10.2 Å². The summed E-state index contributed by atoms with van der Waals surface area (Å²) < 4.78 is 1.94. The highest BCUT2D eigenvalue weighted by molar-refractivity contribution is 7.80. The van der Waals surface area contributed by atoms with E-state index in [9.17, 15) is 0 Å². The average molecular weight is 321 g/mol. The molecule has 2 heterocycles. The summed E-state index contributed by atoms with van der Waals surface area (Å²) in [5.74, 6) is 0. The van der Waals surface area contributed by atoms with Gasteiger partial charge in [0.05, 0.1) is 15.8 Å². The number of fused-ring (bicyclic) bond motifs is 1. The van der Waals surface area contributed by atoms with Crippen LogP contribution in [0.1, 0.15) is 20.8 Å². The summed E-state index contributed by atoms with van der Waals surface area (Å²) in [7, 11) is 0. The molecule has 0 radical (unpaired) electrons. The third-order valence-electron chi connectivity index (χ3n) is 3.22. The zero-order valence-corrected chi connectivity index (χ0v) is 13.9. The van der Waals surface area contributed by atoms with Crippen molar-refractivity contribution < 1.29 is 0 Å². The molecule has 1 aromatic carbocycles. The predicted molar refractivity (Wildman–Crippen MR) is 93.1 cm³/mol. The number of nitrogens with zero attached hydrogens (tertiary/aromatic N) is 1. The van der Waals surface area contributed by atoms with Crippen LogP contribution in [0.2, 0.25) is 0 Å². The molecule has 20 heavy (non-hydrogen) atoms. The van der Waals surface area contributed by atoms with Crippen molar-refractivity contribution in [3.05, 3.63) is 33.9 Å². The van der Waals surface area contributed by atoms with Crippen LogP contribution in [0.15, 0.2) is 30.0 Å². The minimum absolute atomic E-state index is 0.105. The van der Waals surface area contributed by atoms with Gasteiger partial charge in [-0.3, -0.25) is 4.90 Å². The molecular weight excluding hydrogens is 306 g/mol. The molecule has 0 saturated heterocycles. The number of rotatable bonds is 1. The Balaban J connectivity index is 2.10. The van der Waals surface area contributed by atoms with Crippen molar-refractivity contribution in [2.24, 2.45) is 0 Å². The maximum Gasteiger partial charge on any atom is 0.178 e. The first-order chi connectivity index (χ1) is 9.35. The van der Waals surface area contributed by atoms with Gasteiger partial charge < -0.3 is 10.3 Å². The van der Waals surface area contributed by atoms with E-state index in [4.69, 9.17) is 24.4 Å². The molecule has 6 heteroatoms. The lowest BCUT2D eigenvalue weighted by Crippen LogP contribution is -2.53. The summed E-state index contributed by atoms with van der Waals surface area (Å²) in [4.78, 5) is 5.23. The van der Waals surface area contributed by atoms with Gasteiger partial charge in [-0.2, -0.15) is 0 Å². The van der Waals surface area contributed by atoms with Gasteiger partial charge in [-0.25, -0.2) is 0 Å². The number of H-pyrrole nitrogens is 1. The van der Waals surface area contributed by atoms with Crippen molar-refractivity contribution >= 4 is 56.8 Å². The molecule has 1 aliphatic heterocycles. The summed E-state index contributed by atoms with van der Waals surface area (Å²) >= 11 is 12.3. The Morgan fingerprint density at radius 3 is 2.70 bits per heavy atom. The van der Waals surface area contributed by atoms with E-state index in [1.807, 2.05) is 6.07 Å². The van der Waals surface area contributed by atoms with Crippen molar-refractivity contribution in [2.45, 2.75) is 26.3 Å². The smallest absolute Gasteiger partial charge is 0.178 e. The Morgan fingerprint density at radius 2 is 2.00 bits per heavy atom. The number of nitrogens with one attached hydrogen (secondary N) is 2. The standard InChI is InChI=1S/C14H15N3S3/c1-8-7-14(2,3)16-12(18)17(8)9-4-5-10-11(6-9)20-13(19)15-10/h4-7H,1-3H3,(H,15,19)(H,16,18). The number of thiocarbonyl (C=S) groups is 1. The molecule has 0 unspecified atom stereocenters.